The monoisotopic (exact) mass is 412 g/mol. The van der Waals surface area contributed by atoms with Crippen molar-refractivity contribution in [3.8, 4) is 0 Å². The zero-order valence-electron chi connectivity index (χ0n) is 16.5. The molecule has 1 fully saturated rings. The number of anilines is 1. The average molecular weight is 413 g/mol. The number of hydrogen-bond acceptors (Lipinski definition) is 5. The fraction of sp³-hybridized carbons (Fsp3) is 0.318. The second kappa shape index (κ2) is 9.60. The number of aryl methyl sites for hydroxylation is 2. The van der Waals surface area contributed by atoms with Gasteiger partial charge in [0.05, 0.1) is 6.42 Å². The quantitative estimate of drug-likeness (QED) is 0.694. The summed E-state index contributed by atoms with van der Waals surface area (Å²) in [4.78, 5) is 38.6. The number of ether oxygens (including phenoxy) is 1. The molecule has 2 aromatic rings. The molecule has 2 aromatic carbocycles. The van der Waals surface area contributed by atoms with Gasteiger partial charge in [-0.1, -0.05) is 48.2 Å². The number of carbonyl (C=O) groups excluding carboxylic acids is 3. The van der Waals surface area contributed by atoms with Crippen LogP contribution >= 0.6 is 11.8 Å². The van der Waals surface area contributed by atoms with Crippen LogP contribution in [0.3, 0.4) is 0 Å². The molecule has 0 spiro atoms. The average Bonchev–Trinajstić information content (AvgIpc) is 3.09. The highest BCUT2D eigenvalue weighted by Crippen LogP contribution is 2.23. The van der Waals surface area contributed by atoms with Crippen LogP contribution < -0.4 is 5.32 Å². The van der Waals surface area contributed by atoms with E-state index < -0.39 is 18.0 Å². The van der Waals surface area contributed by atoms with Crippen molar-refractivity contribution in [3.63, 3.8) is 0 Å². The van der Waals surface area contributed by atoms with Gasteiger partial charge in [0.2, 0.25) is 6.10 Å². The van der Waals surface area contributed by atoms with Crippen LogP contribution in [0.5, 0.6) is 0 Å². The van der Waals surface area contributed by atoms with Crippen LogP contribution in [0.25, 0.3) is 0 Å². The molecule has 0 bridgehead atoms. The molecule has 0 aliphatic carbocycles. The molecule has 152 valence electrons. The van der Waals surface area contributed by atoms with Crippen LogP contribution in [0.15, 0.2) is 48.5 Å². The van der Waals surface area contributed by atoms with Crippen LogP contribution in [-0.4, -0.2) is 40.9 Å². The molecule has 2 amide bonds. The maximum atomic E-state index is 12.9. The van der Waals surface area contributed by atoms with Crippen LogP contribution in [0, 0.1) is 13.8 Å². The van der Waals surface area contributed by atoms with Gasteiger partial charge in [0, 0.05) is 30.1 Å². The smallest absolute Gasteiger partial charge is 0.308 e. The third-order valence-electron chi connectivity index (χ3n) is 4.51. The number of nitrogens with zero attached hydrogens (tertiary/aromatic N) is 1. The minimum Gasteiger partial charge on any atom is -0.447 e. The van der Waals surface area contributed by atoms with E-state index in [1.807, 2.05) is 38.1 Å². The Labute approximate surface area is 174 Å². The summed E-state index contributed by atoms with van der Waals surface area (Å²) >= 11 is 1.25. The predicted octanol–water partition coefficient (Wildman–Crippen LogP) is 4.09. The Hall–Kier alpha value is -2.80. The molecule has 1 heterocycles. The molecule has 6 nitrogen and oxygen atoms in total. The van der Waals surface area contributed by atoms with Gasteiger partial charge in [-0.25, -0.2) is 0 Å². The number of carbonyl (C=O) groups is 3. The van der Waals surface area contributed by atoms with Gasteiger partial charge in [-0.15, -0.1) is 0 Å². The summed E-state index contributed by atoms with van der Waals surface area (Å²) in [5.74, 6) is -0.194. The Morgan fingerprint density at radius 1 is 1.14 bits per heavy atom. The summed E-state index contributed by atoms with van der Waals surface area (Å²) in [6.07, 6.45) is -1.01. The van der Waals surface area contributed by atoms with Gasteiger partial charge in [0.15, 0.2) is 0 Å². The second-order valence-corrected chi connectivity index (χ2v) is 8.04. The van der Waals surface area contributed by atoms with E-state index in [0.717, 1.165) is 16.9 Å². The Morgan fingerprint density at radius 2 is 1.83 bits per heavy atom. The molecule has 1 atom stereocenters. The van der Waals surface area contributed by atoms with Gasteiger partial charge >= 0.3 is 5.97 Å². The Bertz CT molecular complexity index is 881. The van der Waals surface area contributed by atoms with Gasteiger partial charge < -0.3 is 15.0 Å². The first-order valence-corrected chi connectivity index (χ1v) is 10.5. The SMILES string of the molecule is Cc1cc(C)cc(NC(=O)C(OC(=O)CCN2CCSC2=O)c2ccccc2)c1. The van der Waals surface area contributed by atoms with Crippen molar-refractivity contribution in [2.45, 2.75) is 26.4 Å². The molecule has 1 N–H and O–H groups in total. The molecule has 1 aliphatic rings. The molecule has 0 radical (unpaired) electrons. The normalized spacial score (nSPS) is 14.6. The summed E-state index contributed by atoms with van der Waals surface area (Å²) < 4.78 is 5.53. The Morgan fingerprint density at radius 3 is 2.45 bits per heavy atom. The lowest BCUT2D eigenvalue weighted by Gasteiger charge is -2.19. The zero-order valence-corrected chi connectivity index (χ0v) is 17.3. The number of thioether (sulfide) groups is 1. The van der Waals surface area contributed by atoms with Gasteiger partial charge in [-0.3, -0.25) is 14.4 Å². The molecule has 1 saturated heterocycles. The summed E-state index contributed by atoms with van der Waals surface area (Å²) in [6.45, 7) is 4.83. The zero-order chi connectivity index (χ0) is 20.8. The third-order valence-corrected chi connectivity index (χ3v) is 5.40. The van der Waals surface area contributed by atoms with E-state index in [2.05, 4.69) is 5.32 Å². The lowest BCUT2D eigenvalue weighted by Crippen LogP contribution is -2.29. The van der Waals surface area contributed by atoms with Gasteiger partial charge in [0.25, 0.3) is 11.1 Å². The maximum absolute atomic E-state index is 12.9. The van der Waals surface area contributed by atoms with Crippen molar-refractivity contribution in [2.24, 2.45) is 0 Å². The topological polar surface area (TPSA) is 75.7 Å². The summed E-state index contributed by atoms with van der Waals surface area (Å²) in [5, 5.41) is 2.82. The number of benzene rings is 2. The van der Waals surface area contributed by atoms with E-state index in [9.17, 15) is 14.4 Å². The lowest BCUT2D eigenvalue weighted by molar-refractivity contribution is -0.154. The molecular weight excluding hydrogens is 388 g/mol. The third kappa shape index (κ3) is 5.84. The molecule has 0 saturated carbocycles. The van der Waals surface area contributed by atoms with E-state index in [4.69, 9.17) is 4.74 Å². The maximum Gasteiger partial charge on any atom is 0.308 e. The molecule has 0 aromatic heterocycles. The van der Waals surface area contributed by atoms with E-state index >= 15 is 0 Å². The minimum atomic E-state index is -1.06. The van der Waals surface area contributed by atoms with Crippen molar-refractivity contribution in [2.75, 3.05) is 24.2 Å². The number of nitrogens with one attached hydrogen (secondary N) is 1. The van der Waals surface area contributed by atoms with Crippen LogP contribution in [0.1, 0.15) is 29.2 Å². The summed E-state index contributed by atoms with van der Waals surface area (Å²) in [5.41, 5.74) is 3.31. The standard InChI is InChI=1S/C22H24N2O4S/c1-15-12-16(2)14-18(13-15)23-21(26)20(17-6-4-3-5-7-17)28-19(25)8-9-24-10-11-29-22(24)27/h3-7,12-14,20H,8-11H2,1-2H3,(H,23,26). The molecule has 1 unspecified atom stereocenters. The molecule has 7 heteroatoms. The van der Waals surface area contributed by atoms with E-state index in [1.54, 1.807) is 29.2 Å². The fourth-order valence-electron chi connectivity index (χ4n) is 3.20. The van der Waals surface area contributed by atoms with E-state index in [-0.39, 0.29) is 11.7 Å². The van der Waals surface area contributed by atoms with Crippen LogP contribution in [-0.2, 0) is 14.3 Å². The van der Waals surface area contributed by atoms with Gasteiger partial charge in [-0.2, -0.15) is 0 Å². The number of hydrogen-bond donors (Lipinski definition) is 1. The highest BCUT2D eigenvalue weighted by Gasteiger charge is 2.27. The summed E-state index contributed by atoms with van der Waals surface area (Å²) in [6, 6.07) is 14.7. The lowest BCUT2D eigenvalue weighted by atomic mass is 10.1. The van der Waals surface area contributed by atoms with Crippen molar-refractivity contribution in [3.05, 3.63) is 65.2 Å². The molecule has 3 rings (SSSR count). The van der Waals surface area contributed by atoms with Crippen LogP contribution in [0.4, 0.5) is 10.5 Å². The predicted molar refractivity (Wildman–Crippen MR) is 114 cm³/mol. The Kier molecular flexibility index (Phi) is 6.93. The van der Waals surface area contributed by atoms with Crippen LogP contribution in [0.2, 0.25) is 0 Å². The first-order valence-electron chi connectivity index (χ1n) is 9.47. The number of amides is 2. The van der Waals surface area contributed by atoms with Gasteiger partial charge in [-0.05, 0) is 37.1 Å². The largest absolute Gasteiger partial charge is 0.447 e. The van der Waals surface area contributed by atoms with Crippen molar-refractivity contribution >= 4 is 34.6 Å². The molecule has 1 aliphatic heterocycles. The Balaban J connectivity index is 1.69. The second-order valence-electron chi connectivity index (χ2n) is 7.00. The van der Waals surface area contributed by atoms with E-state index in [1.165, 1.54) is 11.8 Å². The highest BCUT2D eigenvalue weighted by molar-refractivity contribution is 8.13. The van der Waals surface area contributed by atoms with Crippen molar-refractivity contribution < 1.29 is 19.1 Å². The fourth-order valence-corrected chi connectivity index (χ4v) is 4.05. The minimum absolute atomic E-state index is 0.0232. The summed E-state index contributed by atoms with van der Waals surface area (Å²) in [7, 11) is 0. The highest BCUT2D eigenvalue weighted by atomic mass is 32.2. The number of esters is 1. The first-order chi connectivity index (χ1) is 13.9. The number of rotatable bonds is 7. The molecular formula is C22H24N2O4S. The van der Waals surface area contributed by atoms with E-state index in [0.29, 0.717) is 24.3 Å². The first kappa shape index (κ1) is 20.9. The van der Waals surface area contributed by atoms with Crippen molar-refractivity contribution in [1.29, 1.82) is 0 Å². The molecule has 29 heavy (non-hydrogen) atoms. The van der Waals surface area contributed by atoms with Gasteiger partial charge in [0.1, 0.15) is 0 Å². The van der Waals surface area contributed by atoms with Crippen molar-refractivity contribution in [1.82, 2.24) is 4.90 Å².